The topological polar surface area (TPSA) is 25.8 Å². The number of hydrogen-bond acceptors (Lipinski definition) is 3. The predicted molar refractivity (Wildman–Crippen MR) is 97.1 cm³/mol. The first-order valence-corrected chi connectivity index (χ1v) is 9.15. The Labute approximate surface area is 145 Å². The minimum Gasteiger partial charge on any atom is -0.227 e. The second-order valence-corrected chi connectivity index (χ2v) is 6.75. The highest BCUT2D eigenvalue weighted by Crippen LogP contribution is 2.39. The fourth-order valence-electron chi connectivity index (χ4n) is 3.09. The smallest absolute Gasteiger partial charge is 0.188 e. The van der Waals surface area contributed by atoms with Gasteiger partial charge in [-0.2, -0.15) is 0 Å². The van der Waals surface area contributed by atoms with Crippen molar-refractivity contribution < 1.29 is 0 Å². The number of aryl methyl sites for hydroxylation is 2. The van der Waals surface area contributed by atoms with Gasteiger partial charge in [-0.25, -0.2) is 9.97 Å². The average molecular weight is 339 g/mol. The monoisotopic (exact) mass is 338 g/mol. The highest BCUT2D eigenvalue weighted by Gasteiger charge is 2.23. The molecule has 0 saturated heterocycles. The molecule has 1 aliphatic carbocycles. The van der Waals surface area contributed by atoms with E-state index in [9.17, 15) is 0 Å². The lowest BCUT2D eigenvalue weighted by molar-refractivity contribution is 0.836. The Morgan fingerprint density at radius 3 is 2.52 bits per heavy atom. The van der Waals surface area contributed by atoms with Gasteiger partial charge in [-0.05, 0) is 42.4 Å². The van der Waals surface area contributed by atoms with Gasteiger partial charge in [-0.3, -0.25) is 0 Å². The summed E-state index contributed by atoms with van der Waals surface area (Å²) in [5.74, 6) is 0. The molecule has 4 rings (SSSR count). The van der Waals surface area contributed by atoms with E-state index in [0.29, 0.717) is 0 Å². The van der Waals surface area contributed by atoms with Gasteiger partial charge in [0.15, 0.2) is 5.16 Å². The minimum atomic E-state index is 0.738. The van der Waals surface area contributed by atoms with E-state index in [1.165, 1.54) is 16.7 Å². The molecule has 0 radical (unpaired) electrons. The number of nitrogens with zero attached hydrogens (tertiary/aromatic N) is 2. The summed E-state index contributed by atoms with van der Waals surface area (Å²) in [5, 5.41) is 1.57. The van der Waals surface area contributed by atoms with Gasteiger partial charge in [-0.1, -0.05) is 59.8 Å². The molecule has 0 N–H and O–H groups in total. The zero-order valence-corrected chi connectivity index (χ0v) is 14.3. The predicted octanol–water partition coefficient (Wildman–Crippen LogP) is 5.28. The zero-order valence-electron chi connectivity index (χ0n) is 12.7. The van der Waals surface area contributed by atoms with Crippen molar-refractivity contribution in [1.29, 1.82) is 0 Å². The number of fused-ring (bicyclic) bond motifs is 3. The Morgan fingerprint density at radius 2 is 1.74 bits per heavy atom. The maximum absolute atomic E-state index is 6.05. The number of halogens is 1. The van der Waals surface area contributed by atoms with E-state index in [0.717, 1.165) is 40.0 Å². The lowest BCUT2D eigenvalue weighted by Gasteiger charge is -2.22. The summed E-state index contributed by atoms with van der Waals surface area (Å²) in [7, 11) is 0. The summed E-state index contributed by atoms with van der Waals surface area (Å²) in [6.45, 7) is 0. The molecule has 2 aromatic carbocycles. The molecule has 0 unspecified atom stereocenters. The molecule has 0 saturated carbocycles. The molecule has 0 bridgehead atoms. The van der Waals surface area contributed by atoms with Crippen LogP contribution in [-0.4, -0.2) is 16.2 Å². The van der Waals surface area contributed by atoms with Crippen LogP contribution in [0.15, 0.2) is 53.7 Å². The zero-order chi connectivity index (χ0) is 15.8. The van der Waals surface area contributed by atoms with Crippen molar-refractivity contribution in [3.8, 4) is 22.4 Å². The Bertz CT molecular complexity index is 875. The van der Waals surface area contributed by atoms with Gasteiger partial charge in [-0.15, -0.1) is 0 Å². The second kappa shape index (κ2) is 5.99. The molecule has 1 heterocycles. The van der Waals surface area contributed by atoms with E-state index in [1.54, 1.807) is 11.8 Å². The van der Waals surface area contributed by atoms with Gasteiger partial charge in [0.1, 0.15) is 0 Å². The van der Waals surface area contributed by atoms with Crippen molar-refractivity contribution in [2.24, 2.45) is 0 Å². The molecule has 2 nitrogen and oxygen atoms in total. The van der Waals surface area contributed by atoms with Gasteiger partial charge in [0.2, 0.25) is 0 Å². The molecule has 0 amide bonds. The van der Waals surface area contributed by atoms with Crippen LogP contribution in [0.2, 0.25) is 5.02 Å². The van der Waals surface area contributed by atoms with Crippen LogP contribution in [0.3, 0.4) is 0 Å². The van der Waals surface area contributed by atoms with E-state index in [4.69, 9.17) is 21.6 Å². The Balaban J connectivity index is 2.00. The summed E-state index contributed by atoms with van der Waals surface area (Å²) in [5.41, 5.74) is 7.03. The van der Waals surface area contributed by atoms with Crippen molar-refractivity contribution in [3.05, 3.63) is 64.8 Å². The number of rotatable bonds is 2. The molecule has 23 heavy (non-hydrogen) atoms. The summed E-state index contributed by atoms with van der Waals surface area (Å²) in [6.07, 6.45) is 4.02. The van der Waals surface area contributed by atoms with Crippen molar-refractivity contribution >= 4 is 23.4 Å². The molecule has 0 fully saturated rings. The highest BCUT2D eigenvalue weighted by molar-refractivity contribution is 7.98. The number of thioether (sulfide) groups is 1. The van der Waals surface area contributed by atoms with E-state index in [-0.39, 0.29) is 0 Å². The van der Waals surface area contributed by atoms with Gasteiger partial charge < -0.3 is 0 Å². The first kappa shape index (κ1) is 14.7. The summed E-state index contributed by atoms with van der Waals surface area (Å²) in [6, 6.07) is 16.5. The van der Waals surface area contributed by atoms with Crippen LogP contribution in [0.1, 0.15) is 11.3 Å². The summed E-state index contributed by atoms with van der Waals surface area (Å²) in [4.78, 5) is 9.57. The molecule has 3 aromatic rings. The van der Waals surface area contributed by atoms with Crippen LogP contribution in [-0.2, 0) is 12.8 Å². The lowest BCUT2D eigenvalue weighted by Crippen LogP contribution is -2.10. The lowest BCUT2D eigenvalue weighted by atomic mass is 9.86. The van der Waals surface area contributed by atoms with E-state index in [1.807, 2.05) is 30.5 Å². The average Bonchev–Trinajstić information content (AvgIpc) is 2.61. The third-order valence-corrected chi connectivity index (χ3v) is 4.98. The van der Waals surface area contributed by atoms with E-state index < -0.39 is 0 Å². The normalized spacial score (nSPS) is 12.6. The SMILES string of the molecule is CSc1nc2c(c(-c3ccc(Cl)cc3)n1)-c1ccccc1CC2. The maximum atomic E-state index is 6.05. The first-order valence-electron chi connectivity index (χ1n) is 7.55. The van der Waals surface area contributed by atoms with Crippen molar-refractivity contribution in [2.75, 3.05) is 6.26 Å². The molecule has 0 atom stereocenters. The third kappa shape index (κ3) is 2.64. The summed E-state index contributed by atoms with van der Waals surface area (Å²) >= 11 is 7.63. The molecule has 4 heteroatoms. The van der Waals surface area contributed by atoms with Crippen LogP contribution >= 0.6 is 23.4 Å². The molecule has 1 aromatic heterocycles. The molecule has 1 aliphatic rings. The van der Waals surface area contributed by atoms with Crippen LogP contribution in [0, 0.1) is 0 Å². The fourth-order valence-corrected chi connectivity index (χ4v) is 3.60. The van der Waals surface area contributed by atoms with Gasteiger partial charge >= 0.3 is 0 Å². The number of aromatic nitrogens is 2. The van der Waals surface area contributed by atoms with Gasteiger partial charge in [0.25, 0.3) is 0 Å². The van der Waals surface area contributed by atoms with Crippen LogP contribution in [0.25, 0.3) is 22.4 Å². The molecule has 0 aliphatic heterocycles. The number of benzene rings is 2. The van der Waals surface area contributed by atoms with Crippen molar-refractivity contribution in [3.63, 3.8) is 0 Å². The van der Waals surface area contributed by atoms with E-state index in [2.05, 4.69) is 24.3 Å². The number of hydrogen-bond donors (Lipinski definition) is 0. The van der Waals surface area contributed by atoms with E-state index >= 15 is 0 Å². The van der Waals surface area contributed by atoms with Gasteiger partial charge in [0, 0.05) is 16.1 Å². The Kier molecular flexibility index (Phi) is 3.83. The molecular weight excluding hydrogens is 324 g/mol. The standard InChI is InChI=1S/C19H15ClN2S/c1-23-19-21-16-11-8-12-4-2-3-5-15(12)17(16)18(22-19)13-6-9-14(20)10-7-13/h2-7,9-10H,8,11H2,1H3. The first-order chi connectivity index (χ1) is 11.3. The van der Waals surface area contributed by atoms with Crippen molar-refractivity contribution in [1.82, 2.24) is 9.97 Å². The van der Waals surface area contributed by atoms with Crippen molar-refractivity contribution in [2.45, 2.75) is 18.0 Å². The van der Waals surface area contributed by atoms with Crippen LogP contribution in [0.5, 0.6) is 0 Å². The Morgan fingerprint density at radius 1 is 0.957 bits per heavy atom. The molecular formula is C19H15ClN2S. The van der Waals surface area contributed by atoms with Gasteiger partial charge in [0.05, 0.1) is 11.4 Å². The Hall–Kier alpha value is -1.84. The van der Waals surface area contributed by atoms with Crippen LogP contribution in [0.4, 0.5) is 0 Å². The largest absolute Gasteiger partial charge is 0.227 e. The summed E-state index contributed by atoms with van der Waals surface area (Å²) < 4.78 is 0. The molecule has 0 spiro atoms. The molecule has 114 valence electrons. The van der Waals surface area contributed by atoms with Crippen LogP contribution < -0.4 is 0 Å². The second-order valence-electron chi connectivity index (χ2n) is 5.54. The maximum Gasteiger partial charge on any atom is 0.188 e. The highest BCUT2D eigenvalue weighted by atomic mass is 35.5. The fraction of sp³-hybridized carbons (Fsp3) is 0.158. The minimum absolute atomic E-state index is 0.738. The quantitative estimate of drug-likeness (QED) is 0.469. The third-order valence-electron chi connectivity index (χ3n) is 4.18.